The number of nitrogens with zero attached hydrogens (tertiary/aromatic N) is 2. The van der Waals surface area contributed by atoms with Crippen LogP contribution in [0.1, 0.15) is 18.4 Å². The zero-order valence-electron chi connectivity index (χ0n) is 11.9. The molecule has 1 aromatic carbocycles. The molecule has 0 aliphatic heterocycles. The highest BCUT2D eigenvalue weighted by molar-refractivity contribution is 5.93. The number of aliphatic hydroxyl groups excluding tert-OH is 1. The summed E-state index contributed by atoms with van der Waals surface area (Å²) < 4.78 is 0. The zero-order valence-corrected chi connectivity index (χ0v) is 11.9. The Morgan fingerprint density at radius 2 is 2.24 bits per heavy atom. The Balaban J connectivity index is 1.97. The molecule has 1 aromatic rings. The molecule has 0 aromatic heterocycles. The molecule has 0 saturated heterocycles. The summed E-state index contributed by atoms with van der Waals surface area (Å²) in [5.74, 6) is -0.174. The van der Waals surface area contributed by atoms with Crippen molar-refractivity contribution in [1.29, 1.82) is 0 Å². The standard InChI is InChI=1S/C14H19N3O4/c1-10-8-12(17(20)21)4-5-13(10)15-14(19)9-16(6-7-18)11-2-3-11/h4-5,8,11,18H,2-3,6-7,9H2,1H3,(H,15,19). The largest absolute Gasteiger partial charge is 0.395 e. The number of aliphatic hydroxyl groups is 1. The minimum absolute atomic E-state index is 0.00499. The maximum Gasteiger partial charge on any atom is 0.269 e. The van der Waals surface area contributed by atoms with Crippen LogP contribution in [0, 0.1) is 17.0 Å². The van der Waals surface area contributed by atoms with Crippen LogP contribution in [0.3, 0.4) is 0 Å². The molecule has 114 valence electrons. The van der Waals surface area contributed by atoms with Crippen molar-refractivity contribution in [1.82, 2.24) is 4.90 Å². The van der Waals surface area contributed by atoms with Crippen molar-refractivity contribution in [2.24, 2.45) is 0 Å². The lowest BCUT2D eigenvalue weighted by molar-refractivity contribution is -0.384. The third-order valence-corrected chi connectivity index (χ3v) is 3.49. The second-order valence-electron chi connectivity index (χ2n) is 5.23. The average molecular weight is 293 g/mol. The fraction of sp³-hybridized carbons (Fsp3) is 0.500. The molecular formula is C14H19N3O4. The second-order valence-corrected chi connectivity index (χ2v) is 5.23. The van der Waals surface area contributed by atoms with Crippen molar-refractivity contribution >= 4 is 17.3 Å². The number of nitro benzene ring substituents is 1. The quantitative estimate of drug-likeness (QED) is 0.583. The average Bonchev–Trinajstić information content (AvgIpc) is 3.24. The van der Waals surface area contributed by atoms with Crippen LogP contribution in [0.2, 0.25) is 0 Å². The maximum absolute atomic E-state index is 12.0. The molecule has 2 rings (SSSR count). The van der Waals surface area contributed by atoms with E-state index in [1.807, 2.05) is 4.90 Å². The Morgan fingerprint density at radius 3 is 2.76 bits per heavy atom. The van der Waals surface area contributed by atoms with E-state index in [4.69, 9.17) is 5.11 Å². The minimum atomic E-state index is -0.464. The van der Waals surface area contributed by atoms with Crippen LogP contribution in [-0.4, -0.2) is 46.6 Å². The van der Waals surface area contributed by atoms with E-state index in [-0.39, 0.29) is 24.7 Å². The first-order valence-corrected chi connectivity index (χ1v) is 6.91. The van der Waals surface area contributed by atoms with Crippen LogP contribution in [0.4, 0.5) is 11.4 Å². The lowest BCUT2D eigenvalue weighted by atomic mass is 10.2. The molecule has 1 amide bonds. The van der Waals surface area contributed by atoms with Crippen molar-refractivity contribution in [2.75, 3.05) is 25.0 Å². The van der Waals surface area contributed by atoms with Crippen molar-refractivity contribution in [3.8, 4) is 0 Å². The van der Waals surface area contributed by atoms with Gasteiger partial charge in [-0.3, -0.25) is 19.8 Å². The molecule has 7 nitrogen and oxygen atoms in total. The number of benzene rings is 1. The number of amides is 1. The normalized spacial score (nSPS) is 14.2. The fourth-order valence-electron chi connectivity index (χ4n) is 2.23. The number of nitro groups is 1. The highest BCUT2D eigenvalue weighted by Crippen LogP contribution is 2.26. The minimum Gasteiger partial charge on any atom is -0.395 e. The van der Waals surface area contributed by atoms with Gasteiger partial charge in [0.25, 0.3) is 5.69 Å². The third-order valence-electron chi connectivity index (χ3n) is 3.49. The summed E-state index contributed by atoms with van der Waals surface area (Å²) in [7, 11) is 0. The van der Waals surface area contributed by atoms with Crippen molar-refractivity contribution in [3.63, 3.8) is 0 Å². The van der Waals surface area contributed by atoms with E-state index < -0.39 is 4.92 Å². The molecule has 0 unspecified atom stereocenters. The summed E-state index contributed by atoms with van der Waals surface area (Å²) in [4.78, 5) is 24.2. The summed E-state index contributed by atoms with van der Waals surface area (Å²) in [6.45, 7) is 2.45. The number of carbonyl (C=O) groups excluding carboxylic acids is 1. The van der Waals surface area contributed by atoms with Crippen LogP contribution < -0.4 is 5.32 Å². The van der Waals surface area contributed by atoms with Crippen LogP contribution >= 0.6 is 0 Å². The van der Waals surface area contributed by atoms with Gasteiger partial charge in [-0.2, -0.15) is 0 Å². The van der Waals surface area contributed by atoms with Gasteiger partial charge in [-0.15, -0.1) is 0 Å². The summed E-state index contributed by atoms with van der Waals surface area (Å²) in [6, 6.07) is 4.73. The first-order chi connectivity index (χ1) is 10.0. The molecule has 0 bridgehead atoms. The van der Waals surface area contributed by atoms with Crippen LogP contribution in [0.15, 0.2) is 18.2 Å². The number of non-ortho nitro benzene ring substituents is 1. The summed E-state index contributed by atoms with van der Waals surface area (Å²) in [5.41, 5.74) is 1.23. The number of carbonyl (C=O) groups is 1. The summed E-state index contributed by atoms with van der Waals surface area (Å²) in [6.07, 6.45) is 2.12. The van der Waals surface area contributed by atoms with Gasteiger partial charge in [-0.05, 0) is 31.4 Å². The van der Waals surface area contributed by atoms with Crippen molar-refractivity contribution in [3.05, 3.63) is 33.9 Å². The van der Waals surface area contributed by atoms with Gasteiger partial charge in [0.05, 0.1) is 18.1 Å². The maximum atomic E-state index is 12.0. The van der Waals surface area contributed by atoms with Gasteiger partial charge in [0.2, 0.25) is 5.91 Å². The number of nitrogens with one attached hydrogen (secondary N) is 1. The number of anilines is 1. The first-order valence-electron chi connectivity index (χ1n) is 6.91. The number of rotatable bonds is 7. The smallest absolute Gasteiger partial charge is 0.269 e. The van der Waals surface area contributed by atoms with Crippen molar-refractivity contribution in [2.45, 2.75) is 25.8 Å². The molecule has 0 heterocycles. The zero-order chi connectivity index (χ0) is 15.4. The number of hydrogen-bond donors (Lipinski definition) is 2. The topological polar surface area (TPSA) is 95.7 Å². The van der Waals surface area contributed by atoms with Gasteiger partial charge in [0.1, 0.15) is 0 Å². The Labute approximate surface area is 122 Å². The highest BCUT2D eigenvalue weighted by atomic mass is 16.6. The van der Waals surface area contributed by atoms with Crippen LogP contribution in [-0.2, 0) is 4.79 Å². The van der Waals surface area contributed by atoms with E-state index in [1.165, 1.54) is 12.1 Å². The second kappa shape index (κ2) is 6.64. The van der Waals surface area contributed by atoms with Gasteiger partial charge < -0.3 is 10.4 Å². The highest BCUT2D eigenvalue weighted by Gasteiger charge is 2.29. The lowest BCUT2D eigenvalue weighted by Gasteiger charge is -2.20. The number of hydrogen-bond acceptors (Lipinski definition) is 5. The van der Waals surface area contributed by atoms with E-state index in [1.54, 1.807) is 13.0 Å². The van der Waals surface area contributed by atoms with Crippen molar-refractivity contribution < 1.29 is 14.8 Å². The Hall–Kier alpha value is -1.99. The predicted octanol–water partition coefficient (Wildman–Crippen LogP) is 1.30. The lowest BCUT2D eigenvalue weighted by Crippen LogP contribution is -2.36. The van der Waals surface area contributed by atoms with E-state index in [0.29, 0.717) is 23.8 Å². The monoisotopic (exact) mass is 293 g/mol. The molecule has 1 aliphatic rings. The van der Waals surface area contributed by atoms with Gasteiger partial charge in [0.15, 0.2) is 0 Å². The van der Waals surface area contributed by atoms with Crippen LogP contribution in [0.5, 0.6) is 0 Å². The Kier molecular flexibility index (Phi) is 4.87. The van der Waals surface area contributed by atoms with Gasteiger partial charge in [0, 0.05) is 30.4 Å². The molecule has 1 fully saturated rings. The van der Waals surface area contributed by atoms with Gasteiger partial charge in [-0.25, -0.2) is 0 Å². The third kappa shape index (κ3) is 4.24. The summed E-state index contributed by atoms with van der Waals surface area (Å²) >= 11 is 0. The molecule has 2 N–H and O–H groups in total. The Bertz CT molecular complexity index is 543. The Morgan fingerprint density at radius 1 is 1.52 bits per heavy atom. The number of aryl methyl sites for hydroxylation is 1. The van der Waals surface area contributed by atoms with E-state index >= 15 is 0 Å². The van der Waals surface area contributed by atoms with Gasteiger partial charge >= 0.3 is 0 Å². The first kappa shape index (κ1) is 15.4. The van der Waals surface area contributed by atoms with Gasteiger partial charge in [-0.1, -0.05) is 0 Å². The molecule has 7 heteroatoms. The summed E-state index contributed by atoms with van der Waals surface area (Å²) in [5, 5.41) is 22.4. The molecule has 0 atom stereocenters. The molecule has 1 aliphatic carbocycles. The van der Waals surface area contributed by atoms with Crippen LogP contribution in [0.25, 0.3) is 0 Å². The molecule has 1 saturated carbocycles. The molecular weight excluding hydrogens is 274 g/mol. The SMILES string of the molecule is Cc1cc([N+](=O)[O-])ccc1NC(=O)CN(CCO)C1CC1. The fourth-order valence-corrected chi connectivity index (χ4v) is 2.23. The predicted molar refractivity (Wildman–Crippen MR) is 78.1 cm³/mol. The van der Waals surface area contributed by atoms with E-state index in [9.17, 15) is 14.9 Å². The molecule has 21 heavy (non-hydrogen) atoms. The molecule has 0 radical (unpaired) electrons. The van der Waals surface area contributed by atoms with E-state index in [2.05, 4.69) is 5.32 Å². The van der Waals surface area contributed by atoms with E-state index in [0.717, 1.165) is 12.8 Å². The molecule has 0 spiro atoms.